The number of nitrogens with zero attached hydrogens (tertiary/aromatic N) is 2. The van der Waals surface area contributed by atoms with Crippen molar-refractivity contribution < 1.29 is 0 Å². The van der Waals surface area contributed by atoms with E-state index in [-0.39, 0.29) is 0 Å². The van der Waals surface area contributed by atoms with Crippen molar-refractivity contribution in [1.29, 1.82) is 0 Å². The molecule has 67 heavy (non-hydrogen) atoms. The third-order valence-corrected chi connectivity index (χ3v) is 14.6. The molecule has 0 atom stereocenters. The van der Waals surface area contributed by atoms with Crippen molar-refractivity contribution in [2.75, 3.05) is 0 Å². The van der Waals surface area contributed by atoms with E-state index in [4.69, 9.17) is 0 Å². The van der Waals surface area contributed by atoms with E-state index in [1.807, 2.05) is 0 Å². The van der Waals surface area contributed by atoms with E-state index in [0.717, 1.165) is 11.4 Å². The second-order valence-electron chi connectivity index (χ2n) is 18.0. The molecule has 0 aliphatic heterocycles. The van der Waals surface area contributed by atoms with E-state index in [1.54, 1.807) is 0 Å². The van der Waals surface area contributed by atoms with Crippen LogP contribution < -0.4 is 0 Å². The molecular formula is C65H42N2. The van der Waals surface area contributed by atoms with Gasteiger partial charge in [0.05, 0.1) is 27.5 Å². The lowest BCUT2D eigenvalue weighted by Gasteiger charge is -2.34. The summed E-state index contributed by atoms with van der Waals surface area (Å²) in [5, 5.41) is 7.42. The fourth-order valence-corrected chi connectivity index (χ4v) is 11.6. The maximum atomic E-state index is 2.52. The predicted octanol–water partition coefficient (Wildman–Crippen LogP) is 16.7. The van der Waals surface area contributed by atoms with Crippen molar-refractivity contribution in [1.82, 2.24) is 9.13 Å². The summed E-state index contributed by atoms with van der Waals surface area (Å²) in [6.45, 7) is 0. The summed E-state index contributed by atoms with van der Waals surface area (Å²) < 4.78 is 4.93. The molecular weight excluding hydrogens is 809 g/mol. The fourth-order valence-electron chi connectivity index (χ4n) is 11.6. The van der Waals surface area contributed by atoms with Gasteiger partial charge in [0.25, 0.3) is 0 Å². The molecule has 0 N–H and O–H groups in total. The van der Waals surface area contributed by atoms with Gasteiger partial charge in [-0.25, -0.2) is 0 Å². The number of fused-ring (bicyclic) bond motifs is 10. The zero-order valence-corrected chi connectivity index (χ0v) is 36.6. The van der Waals surface area contributed by atoms with Crippen LogP contribution in [0.15, 0.2) is 255 Å². The first-order valence-electron chi connectivity index (χ1n) is 23.2. The highest BCUT2D eigenvalue weighted by atomic mass is 15.0. The maximum absolute atomic E-state index is 2.52. The van der Waals surface area contributed by atoms with Crippen LogP contribution >= 0.6 is 0 Å². The first-order valence-corrected chi connectivity index (χ1v) is 23.2. The van der Waals surface area contributed by atoms with E-state index < -0.39 is 5.41 Å². The van der Waals surface area contributed by atoms with Crippen LogP contribution in [0.4, 0.5) is 0 Å². The Labute approximate surface area is 388 Å². The highest BCUT2D eigenvalue weighted by Gasteiger charge is 2.46. The first kappa shape index (κ1) is 37.6. The molecule has 0 bridgehead atoms. The van der Waals surface area contributed by atoms with Crippen molar-refractivity contribution in [3.05, 3.63) is 277 Å². The van der Waals surface area contributed by atoms with Crippen LogP contribution in [-0.4, -0.2) is 9.13 Å². The van der Waals surface area contributed by atoms with Gasteiger partial charge in [-0.05, 0) is 133 Å². The summed E-state index contributed by atoms with van der Waals surface area (Å²) in [6.07, 6.45) is 0. The van der Waals surface area contributed by atoms with Crippen LogP contribution in [0.3, 0.4) is 0 Å². The largest absolute Gasteiger partial charge is 0.309 e. The number of rotatable bonds is 6. The molecule has 0 saturated heterocycles. The van der Waals surface area contributed by atoms with Gasteiger partial charge >= 0.3 is 0 Å². The normalized spacial score (nSPS) is 12.9. The summed E-state index contributed by atoms with van der Waals surface area (Å²) in [5.41, 5.74) is 19.1. The Bertz CT molecular complexity index is 4040. The summed E-state index contributed by atoms with van der Waals surface area (Å²) in [7, 11) is 0. The molecule has 0 spiro atoms. The van der Waals surface area contributed by atoms with Crippen LogP contribution in [0.25, 0.3) is 99.1 Å². The maximum Gasteiger partial charge on any atom is 0.0714 e. The van der Waals surface area contributed by atoms with E-state index in [1.165, 1.54) is 110 Å². The summed E-state index contributed by atoms with van der Waals surface area (Å²) in [5.74, 6) is 0. The first-order chi connectivity index (χ1) is 33.2. The van der Waals surface area contributed by atoms with Gasteiger partial charge in [-0.3, -0.25) is 0 Å². The molecule has 0 saturated carbocycles. The zero-order chi connectivity index (χ0) is 44.1. The monoisotopic (exact) mass is 850 g/mol. The Balaban J connectivity index is 1.01. The molecule has 2 nitrogen and oxygen atoms in total. The Morgan fingerprint density at radius 3 is 1.54 bits per heavy atom. The van der Waals surface area contributed by atoms with Crippen LogP contribution in [0.2, 0.25) is 0 Å². The lowest BCUT2D eigenvalue weighted by Crippen LogP contribution is -2.28. The summed E-state index contributed by atoms with van der Waals surface area (Å²) in [4.78, 5) is 0. The molecule has 0 fully saturated rings. The molecule has 14 rings (SSSR count). The lowest BCUT2D eigenvalue weighted by molar-refractivity contribution is 0.769. The van der Waals surface area contributed by atoms with Crippen LogP contribution in [0.5, 0.6) is 0 Å². The van der Waals surface area contributed by atoms with Gasteiger partial charge in [-0.1, -0.05) is 188 Å². The average Bonchev–Trinajstić information content (AvgIpc) is 4.02. The van der Waals surface area contributed by atoms with Crippen LogP contribution in [0, 0.1) is 0 Å². The van der Waals surface area contributed by atoms with Gasteiger partial charge in [0.1, 0.15) is 0 Å². The number of aromatic nitrogens is 2. The van der Waals surface area contributed by atoms with Crippen molar-refractivity contribution in [3.8, 4) is 44.8 Å². The van der Waals surface area contributed by atoms with Crippen molar-refractivity contribution in [2.24, 2.45) is 0 Å². The smallest absolute Gasteiger partial charge is 0.0714 e. The molecule has 1 aliphatic rings. The van der Waals surface area contributed by atoms with Gasteiger partial charge < -0.3 is 9.13 Å². The summed E-state index contributed by atoms with van der Waals surface area (Å²) in [6, 6.07) is 94.5. The average molecular weight is 851 g/mol. The molecule has 2 heterocycles. The lowest BCUT2D eigenvalue weighted by atomic mass is 9.67. The van der Waals surface area contributed by atoms with Gasteiger partial charge in [-0.15, -0.1) is 0 Å². The van der Waals surface area contributed by atoms with Gasteiger partial charge in [0, 0.05) is 32.9 Å². The second kappa shape index (κ2) is 14.7. The number of hydrogen-bond acceptors (Lipinski definition) is 0. The molecule has 0 amide bonds. The predicted molar refractivity (Wildman–Crippen MR) is 281 cm³/mol. The van der Waals surface area contributed by atoms with Gasteiger partial charge in [0.15, 0.2) is 0 Å². The van der Waals surface area contributed by atoms with Crippen molar-refractivity contribution >= 4 is 54.4 Å². The molecule has 1 aliphatic carbocycles. The molecule has 0 unspecified atom stereocenters. The second-order valence-corrected chi connectivity index (χ2v) is 18.0. The van der Waals surface area contributed by atoms with Crippen LogP contribution in [0.1, 0.15) is 22.3 Å². The Morgan fingerprint density at radius 1 is 0.254 bits per heavy atom. The highest BCUT2D eigenvalue weighted by molar-refractivity contribution is 6.14. The molecule has 2 heteroatoms. The molecule has 0 radical (unpaired) electrons. The minimum atomic E-state index is -0.504. The fraction of sp³-hybridized carbons (Fsp3) is 0.0154. The van der Waals surface area contributed by atoms with E-state index in [9.17, 15) is 0 Å². The summed E-state index contributed by atoms with van der Waals surface area (Å²) >= 11 is 0. The molecule has 2 aromatic heterocycles. The Hall–Kier alpha value is -8.72. The van der Waals surface area contributed by atoms with E-state index >= 15 is 0 Å². The third kappa shape index (κ3) is 5.57. The molecule has 312 valence electrons. The quantitative estimate of drug-likeness (QED) is 0.158. The minimum Gasteiger partial charge on any atom is -0.309 e. The SMILES string of the molecule is c1ccc(-c2cccc(-n3c4ccccc4c4cc(-c5ccc6c(c5)c5cc7c(cc5n6-c5ccc6ccccc6c5)C(c5ccccc5)(c5ccccc5)c5ccccc5-7)ccc43)c2)cc1. The Kier molecular flexibility index (Phi) is 8.23. The van der Waals surface area contributed by atoms with Crippen LogP contribution in [-0.2, 0) is 5.41 Å². The third-order valence-electron chi connectivity index (χ3n) is 14.6. The van der Waals surface area contributed by atoms with Crippen molar-refractivity contribution in [2.45, 2.75) is 5.41 Å². The minimum absolute atomic E-state index is 0.504. The number of hydrogen-bond donors (Lipinski definition) is 0. The van der Waals surface area contributed by atoms with Gasteiger partial charge in [-0.2, -0.15) is 0 Å². The Morgan fingerprint density at radius 2 is 0.791 bits per heavy atom. The molecule has 11 aromatic carbocycles. The topological polar surface area (TPSA) is 9.86 Å². The number of benzene rings is 11. The van der Waals surface area contributed by atoms with E-state index in [2.05, 4.69) is 264 Å². The zero-order valence-electron chi connectivity index (χ0n) is 36.6. The highest BCUT2D eigenvalue weighted by Crippen LogP contribution is 2.57. The van der Waals surface area contributed by atoms with E-state index in [0.29, 0.717) is 0 Å². The molecule has 13 aromatic rings. The number of para-hydroxylation sites is 1. The standard InChI is InChI=1S/C65H42N2/c1-4-17-43(18-5-1)46-21-16-26-51(37-46)66-61-30-15-13-28-54(61)56-39-47(32-35-62(56)66)48-33-36-63-57(40-48)58-41-55-53-27-12-14-29-59(53)65(49-22-6-2-7-23-49,50-24-8-3-9-25-50)60(55)42-64(58)67(63)52-34-31-44-19-10-11-20-45(44)38-52/h1-42H. The van der Waals surface area contributed by atoms with Gasteiger partial charge in [0.2, 0.25) is 0 Å². The van der Waals surface area contributed by atoms with Crippen molar-refractivity contribution in [3.63, 3.8) is 0 Å².